The lowest BCUT2D eigenvalue weighted by Gasteiger charge is -2.18. The van der Waals surface area contributed by atoms with Gasteiger partial charge in [-0.2, -0.15) is 0 Å². The lowest BCUT2D eigenvalue weighted by molar-refractivity contribution is -0.113. The molecule has 0 aliphatic rings. The molecule has 1 amide bonds. The summed E-state index contributed by atoms with van der Waals surface area (Å²) in [5, 5.41) is 4.35. The molecule has 0 saturated heterocycles. The average Bonchev–Trinajstić information content (AvgIpc) is 2.68. The highest BCUT2D eigenvalue weighted by Crippen LogP contribution is 2.25. The molecule has 0 aliphatic carbocycles. The van der Waals surface area contributed by atoms with Crippen molar-refractivity contribution in [2.24, 2.45) is 0 Å². The molecule has 0 radical (unpaired) electrons. The summed E-state index contributed by atoms with van der Waals surface area (Å²) in [6, 6.07) is 8.66. The van der Waals surface area contributed by atoms with E-state index in [0.29, 0.717) is 21.1 Å². The van der Waals surface area contributed by atoms with E-state index in [-0.39, 0.29) is 34.1 Å². The predicted octanol–water partition coefficient (Wildman–Crippen LogP) is 4.80. The van der Waals surface area contributed by atoms with Crippen LogP contribution < -0.4 is 10.9 Å². The minimum absolute atomic E-state index is 0.0393. The second-order valence-corrected chi connectivity index (χ2v) is 7.95. The van der Waals surface area contributed by atoms with E-state index in [1.165, 1.54) is 24.0 Å². The molecule has 0 bridgehead atoms. The molecule has 3 aromatic rings. The fourth-order valence-electron chi connectivity index (χ4n) is 2.60. The Bertz CT molecular complexity index is 1090. The number of nitrogens with one attached hydrogen (secondary N) is 1. The number of anilines is 1. The molecule has 1 aromatic carbocycles. The molecule has 2 heterocycles. The highest BCUT2D eigenvalue weighted by molar-refractivity contribution is 7.99. The number of thioether (sulfide) groups is 1. The Kier molecular flexibility index (Phi) is 6.59. The number of hydrogen-bond donors (Lipinski definition) is 1. The molecule has 1 atom stereocenters. The number of para-hydroxylation sites is 1. The SMILES string of the molecule is CCC(C)n1c(SCC(=O)Nc2ncc(Cl)cc2Cl)nc2ccccc2c1=O. The smallest absolute Gasteiger partial charge is 0.262 e. The molecule has 1 N–H and O–H groups in total. The van der Waals surface area contributed by atoms with Gasteiger partial charge in [0.25, 0.3) is 5.56 Å². The van der Waals surface area contributed by atoms with Gasteiger partial charge in [-0.05, 0) is 31.5 Å². The Balaban J connectivity index is 1.85. The lowest BCUT2D eigenvalue weighted by atomic mass is 10.2. The molecule has 1 unspecified atom stereocenters. The summed E-state index contributed by atoms with van der Waals surface area (Å²) < 4.78 is 1.65. The van der Waals surface area contributed by atoms with Crippen LogP contribution in [0.5, 0.6) is 0 Å². The maximum absolute atomic E-state index is 12.9. The number of hydrogen-bond acceptors (Lipinski definition) is 5. The minimum atomic E-state index is -0.306. The molecule has 2 aromatic heterocycles. The van der Waals surface area contributed by atoms with Gasteiger partial charge in [0.05, 0.1) is 26.7 Å². The van der Waals surface area contributed by atoms with Gasteiger partial charge in [0.1, 0.15) is 0 Å². The van der Waals surface area contributed by atoms with Gasteiger partial charge in [0.15, 0.2) is 11.0 Å². The van der Waals surface area contributed by atoms with Crippen LogP contribution in [0.15, 0.2) is 46.5 Å². The molecule has 9 heteroatoms. The van der Waals surface area contributed by atoms with Crippen LogP contribution in [0.4, 0.5) is 5.82 Å². The number of pyridine rings is 1. The third-order valence-electron chi connectivity index (χ3n) is 4.21. The van der Waals surface area contributed by atoms with Gasteiger partial charge in [-0.25, -0.2) is 9.97 Å². The monoisotopic (exact) mass is 436 g/mol. The normalized spacial score (nSPS) is 12.1. The standard InChI is InChI=1S/C19H18Cl2N4O2S/c1-3-11(2)25-18(27)13-6-4-5-7-15(13)23-19(25)28-10-16(26)24-17-14(21)8-12(20)9-22-17/h4-9,11H,3,10H2,1-2H3,(H,22,24,26). The van der Waals surface area contributed by atoms with Gasteiger partial charge in [0, 0.05) is 12.2 Å². The van der Waals surface area contributed by atoms with Crippen molar-refractivity contribution >= 4 is 57.6 Å². The number of rotatable bonds is 6. The van der Waals surface area contributed by atoms with Crippen molar-refractivity contribution in [3.05, 3.63) is 56.9 Å². The first kappa shape index (κ1) is 20.6. The Labute approximate surface area is 176 Å². The van der Waals surface area contributed by atoms with Crippen LogP contribution in [0.1, 0.15) is 26.3 Å². The van der Waals surface area contributed by atoms with Crippen molar-refractivity contribution in [2.75, 3.05) is 11.1 Å². The molecule has 0 aliphatic heterocycles. The van der Waals surface area contributed by atoms with Crippen molar-refractivity contribution in [2.45, 2.75) is 31.5 Å². The Hall–Kier alpha value is -2.09. The van der Waals surface area contributed by atoms with Crippen molar-refractivity contribution < 1.29 is 4.79 Å². The molecular weight excluding hydrogens is 419 g/mol. The van der Waals surface area contributed by atoms with Crippen LogP contribution >= 0.6 is 35.0 Å². The zero-order chi connectivity index (χ0) is 20.3. The van der Waals surface area contributed by atoms with E-state index in [0.717, 1.165) is 6.42 Å². The van der Waals surface area contributed by atoms with Crippen LogP contribution in [-0.2, 0) is 4.79 Å². The highest BCUT2D eigenvalue weighted by Gasteiger charge is 2.17. The number of carbonyl (C=O) groups excluding carboxylic acids is 1. The zero-order valence-electron chi connectivity index (χ0n) is 15.3. The van der Waals surface area contributed by atoms with E-state index < -0.39 is 0 Å². The van der Waals surface area contributed by atoms with E-state index in [2.05, 4.69) is 15.3 Å². The summed E-state index contributed by atoms with van der Waals surface area (Å²) in [6.45, 7) is 3.96. The third-order valence-corrected chi connectivity index (χ3v) is 5.65. The van der Waals surface area contributed by atoms with E-state index in [9.17, 15) is 9.59 Å². The number of halogens is 2. The van der Waals surface area contributed by atoms with Crippen LogP contribution in [0.3, 0.4) is 0 Å². The Morgan fingerprint density at radius 3 is 2.79 bits per heavy atom. The van der Waals surface area contributed by atoms with Gasteiger partial charge in [0.2, 0.25) is 5.91 Å². The van der Waals surface area contributed by atoms with Crippen molar-refractivity contribution in [1.29, 1.82) is 0 Å². The average molecular weight is 437 g/mol. The number of fused-ring (bicyclic) bond motifs is 1. The lowest BCUT2D eigenvalue weighted by Crippen LogP contribution is -2.26. The molecule has 3 rings (SSSR count). The topological polar surface area (TPSA) is 76.9 Å². The Morgan fingerprint density at radius 2 is 2.07 bits per heavy atom. The molecule has 0 spiro atoms. The van der Waals surface area contributed by atoms with Crippen LogP contribution in [0.25, 0.3) is 10.9 Å². The van der Waals surface area contributed by atoms with Gasteiger partial charge in [-0.3, -0.25) is 14.2 Å². The van der Waals surface area contributed by atoms with Gasteiger partial charge < -0.3 is 5.32 Å². The van der Waals surface area contributed by atoms with Gasteiger partial charge >= 0.3 is 0 Å². The first-order valence-electron chi connectivity index (χ1n) is 8.65. The summed E-state index contributed by atoms with van der Waals surface area (Å²) in [5.74, 6) is -0.00994. The van der Waals surface area contributed by atoms with Crippen molar-refractivity contribution in [3.63, 3.8) is 0 Å². The van der Waals surface area contributed by atoms with Crippen LogP contribution in [-0.4, -0.2) is 26.2 Å². The van der Waals surface area contributed by atoms with Crippen molar-refractivity contribution in [1.82, 2.24) is 14.5 Å². The minimum Gasteiger partial charge on any atom is -0.309 e. The quantitative estimate of drug-likeness (QED) is 0.443. The summed E-state index contributed by atoms with van der Waals surface area (Å²) in [5.41, 5.74) is 0.502. The number of amides is 1. The molecular formula is C19H18Cl2N4O2S. The Morgan fingerprint density at radius 1 is 1.32 bits per heavy atom. The summed E-state index contributed by atoms with van der Waals surface area (Å²) in [6.07, 6.45) is 2.17. The van der Waals surface area contributed by atoms with Crippen molar-refractivity contribution in [3.8, 4) is 0 Å². The number of carbonyl (C=O) groups is 1. The number of nitrogens with zero attached hydrogens (tertiary/aromatic N) is 3. The predicted molar refractivity (Wildman–Crippen MR) is 115 cm³/mol. The molecule has 146 valence electrons. The van der Waals surface area contributed by atoms with E-state index in [4.69, 9.17) is 23.2 Å². The molecule has 0 fully saturated rings. The third kappa shape index (κ3) is 4.48. The first-order chi connectivity index (χ1) is 13.4. The second-order valence-electron chi connectivity index (χ2n) is 6.16. The summed E-state index contributed by atoms with van der Waals surface area (Å²) in [7, 11) is 0. The van der Waals surface area contributed by atoms with Crippen LogP contribution in [0, 0.1) is 0 Å². The fraction of sp³-hybridized carbons (Fsp3) is 0.263. The highest BCUT2D eigenvalue weighted by atomic mass is 35.5. The maximum atomic E-state index is 12.9. The molecule has 6 nitrogen and oxygen atoms in total. The maximum Gasteiger partial charge on any atom is 0.262 e. The van der Waals surface area contributed by atoms with Gasteiger partial charge in [-0.15, -0.1) is 0 Å². The summed E-state index contributed by atoms with van der Waals surface area (Å²) >= 11 is 13.0. The molecule has 28 heavy (non-hydrogen) atoms. The second kappa shape index (κ2) is 8.94. The van der Waals surface area contributed by atoms with E-state index in [1.807, 2.05) is 26.0 Å². The zero-order valence-corrected chi connectivity index (χ0v) is 17.6. The molecule has 0 saturated carbocycles. The fourth-order valence-corrected chi connectivity index (χ4v) is 3.93. The summed E-state index contributed by atoms with van der Waals surface area (Å²) in [4.78, 5) is 33.9. The largest absolute Gasteiger partial charge is 0.309 e. The number of aromatic nitrogens is 3. The number of benzene rings is 1. The van der Waals surface area contributed by atoms with E-state index in [1.54, 1.807) is 16.7 Å². The van der Waals surface area contributed by atoms with E-state index >= 15 is 0 Å². The van der Waals surface area contributed by atoms with Crippen LogP contribution in [0.2, 0.25) is 10.0 Å². The van der Waals surface area contributed by atoms with Gasteiger partial charge in [-0.1, -0.05) is 54.0 Å². The first-order valence-corrected chi connectivity index (χ1v) is 10.4.